The van der Waals surface area contributed by atoms with E-state index in [0.29, 0.717) is 37.3 Å². The fourth-order valence-corrected chi connectivity index (χ4v) is 3.30. The average Bonchev–Trinajstić information content (AvgIpc) is 2.68. The second kappa shape index (κ2) is 12.4. The van der Waals surface area contributed by atoms with Gasteiger partial charge in [0.25, 0.3) is 0 Å². The Balaban J connectivity index is 1.83. The molecule has 8 heteroatoms. The van der Waals surface area contributed by atoms with Crippen LogP contribution < -0.4 is 16.0 Å². The Labute approximate surface area is 174 Å². The van der Waals surface area contributed by atoms with Gasteiger partial charge in [-0.3, -0.25) is 14.7 Å². The Kier molecular flexibility index (Phi) is 9.87. The van der Waals surface area contributed by atoms with Crippen LogP contribution in [0.3, 0.4) is 0 Å². The van der Waals surface area contributed by atoms with E-state index in [-0.39, 0.29) is 5.91 Å². The first kappa shape index (κ1) is 23.1. The van der Waals surface area contributed by atoms with Crippen LogP contribution in [0.4, 0.5) is 5.82 Å². The fourth-order valence-electron chi connectivity index (χ4n) is 3.30. The lowest BCUT2D eigenvalue weighted by Gasteiger charge is -2.36. The van der Waals surface area contributed by atoms with Gasteiger partial charge in [0, 0.05) is 44.3 Å². The van der Waals surface area contributed by atoms with Crippen molar-refractivity contribution in [3.8, 4) is 0 Å². The molecule has 1 fully saturated rings. The first-order chi connectivity index (χ1) is 14.0. The maximum Gasteiger partial charge on any atom is 0.227 e. The summed E-state index contributed by atoms with van der Waals surface area (Å²) in [7, 11) is 0. The molecule has 0 bridgehead atoms. The van der Waals surface area contributed by atoms with Crippen LogP contribution in [0, 0.1) is 12.8 Å². The van der Waals surface area contributed by atoms with Crippen LogP contribution in [0.5, 0.6) is 0 Å². The Morgan fingerprint density at radius 2 is 2.03 bits per heavy atom. The van der Waals surface area contributed by atoms with E-state index in [2.05, 4.69) is 39.7 Å². The van der Waals surface area contributed by atoms with E-state index in [1.165, 1.54) is 0 Å². The van der Waals surface area contributed by atoms with E-state index in [1.54, 1.807) is 6.07 Å². The summed E-state index contributed by atoms with van der Waals surface area (Å²) in [4.78, 5) is 23.7. The SMILES string of the molecule is CCNC(=NCC(C(C)C)N1CCOCC1)NCCC(=O)Nc1cccc(C)n1. The summed E-state index contributed by atoms with van der Waals surface area (Å²) in [6, 6.07) is 5.95. The predicted octanol–water partition coefficient (Wildman–Crippen LogP) is 1.63. The Hall–Kier alpha value is -2.19. The highest BCUT2D eigenvalue weighted by Gasteiger charge is 2.23. The third-order valence-electron chi connectivity index (χ3n) is 4.87. The highest BCUT2D eigenvalue weighted by Crippen LogP contribution is 2.13. The lowest BCUT2D eigenvalue weighted by Crippen LogP contribution is -2.48. The summed E-state index contributed by atoms with van der Waals surface area (Å²) in [6.45, 7) is 13.9. The number of nitrogens with zero attached hydrogens (tertiary/aromatic N) is 3. The molecule has 1 amide bonds. The number of carbonyl (C=O) groups is 1. The van der Waals surface area contributed by atoms with Crippen molar-refractivity contribution >= 4 is 17.7 Å². The molecule has 1 saturated heterocycles. The number of hydrogen-bond donors (Lipinski definition) is 3. The van der Waals surface area contributed by atoms with Crippen LogP contribution >= 0.6 is 0 Å². The number of aliphatic imine (C=N–C) groups is 1. The van der Waals surface area contributed by atoms with Crippen LogP contribution in [0.1, 0.15) is 32.9 Å². The molecule has 1 aliphatic rings. The van der Waals surface area contributed by atoms with Crippen LogP contribution in [0.25, 0.3) is 0 Å². The first-order valence-corrected chi connectivity index (χ1v) is 10.6. The molecule has 0 spiro atoms. The number of pyridine rings is 1. The predicted molar refractivity (Wildman–Crippen MR) is 117 cm³/mol. The smallest absolute Gasteiger partial charge is 0.227 e. The summed E-state index contributed by atoms with van der Waals surface area (Å²) in [5.41, 5.74) is 0.877. The first-order valence-electron chi connectivity index (χ1n) is 10.6. The molecule has 162 valence electrons. The number of amides is 1. The van der Waals surface area contributed by atoms with Gasteiger partial charge in [0.15, 0.2) is 5.96 Å². The maximum absolute atomic E-state index is 12.2. The molecule has 2 heterocycles. The van der Waals surface area contributed by atoms with E-state index in [4.69, 9.17) is 9.73 Å². The van der Waals surface area contributed by atoms with Crippen molar-refractivity contribution in [3.05, 3.63) is 23.9 Å². The number of nitrogens with one attached hydrogen (secondary N) is 3. The van der Waals surface area contributed by atoms with Gasteiger partial charge < -0.3 is 20.7 Å². The highest BCUT2D eigenvalue weighted by atomic mass is 16.5. The van der Waals surface area contributed by atoms with E-state index in [1.807, 2.05) is 26.0 Å². The number of aromatic nitrogens is 1. The summed E-state index contributed by atoms with van der Waals surface area (Å²) < 4.78 is 5.47. The largest absolute Gasteiger partial charge is 0.379 e. The summed E-state index contributed by atoms with van der Waals surface area (Å²) >= 11 is 0. The zero-order valence-corrected chi connectivity index (χ0v) is 18.2. The third-order valence-corrected chi connectivity index (χ3v) is 4.87. The number of carbonyl (C=O) groups excluding carboxylic acids is 1. The van der Waals surface area contributed by atoms with Crippen LogP contribution in [-0.2, 0) is 9.53 Å². The highest BCUT2D eigenvalue weighted by molar-refractivity contribution is 5.90. The zero-order chi connectivity index (χ0) is 21.1. The minimum atomic E-state index is -0.0696. The fraction of sp³-hybridized carbons (Fsp3) is 0.667. The number of aryl methyl sites for hydroxylation is 1. The molecule has 1 aromatic heterocycles. The van der Waals surface area contributed by atoms with E-state index in [0.717, 1.165) is 44.5 Å². The molecule has 1 unspecified atom stereocenters. The van der Waals surface area contributed by atoms with Crippen molar-refractivity contribution in [2.75, 3.05) is 51.3 Å². The number of anilines is 1. The summed E-state index contributed by atoms with van der Waals surface area (Å²) in [5, 5.41) is 9.35. The van der Waals surface area contributed by atoms with Gasteiger partial charge in [0.2, 0.25) is 5.91 Å². The Morgan fingerprint density at radius 3 is 2.69 bits per heavy atom. The monoisotopic (exact) mass is 404 g/mol. The lowest BCUT2D eigenvalue weighted by molar-refractivity contribution is -0.116. The third kappa shape index (κ3) is 8.37. The second-order valence-corrected chi connectivity index (χ2v) is 7.57. The molecule has 2 rings (SSSR count). The van der Waals surface area contributed by atoms with Crippen molar-refractivity contribution in [1.82, 2.24) is 20.5 Å². The molecule has 1 aromatic rings. The Morgan fingerprint density at radius 1 is 1.28 bits per heavy atom. The van der Waals surface area contributed by atoms with E-state index >= 15 is 0 Å². The molecule has 0 aliphatic carbocycles. The van der Waals surface area contributed by atoms with Gasteiger partial charge in [-0.25, -0.2) is 4.98 Å². The zero-order valence-electron chi connectivity index (χ0n) is 18.2. The van der Waals surface area contributed by atoms with Gasteiger partial charge in [0.05, 0.1) is 19.8 Å². The van der Waals surface area contributed by atoms with Crippen molar-refractivity contribution in [2.24, 2.45) is 10.9 Å². The quantitative estimate of drug-likeness (QED) is 0.428. The van der Waals surface area contributed by atoms with Gasteiger partial charge in [-0.1, -0.05) is 19.9 Å². The number of ether oxygens (including phenoxy) is 1. The molecule has 0 radical (unpaired) electrons. The maximum atomic E-state index is 12.2. The molecule has 1 atom stereocenters. The van der Waals surface area contributed by atoms with Gasteiger partial charge in [0.1, 0.15) is 5.82 Å². The normalized spacial score (nSPS) is 16.5. The molecule has 8 nitrogen and oxygen atoms in total. The molecule has 0 aromatic carbocycles. The summed E-state index contributed by atoms with van der Waals surface area (Å²) in [5.74, 6) is 1.76. The van der Waals surface area contributed by atoms with Crippen molar-refractivity contribution in [3.63, 3.8) is 0 Å². The standard InChI is InChI=1S/C21H36N6O2/c1-5-22-21(24-15-18(16(2)3)27-11-13-29-14-12-27)23-10-9-20(28)26-19-8-6-7-17(4)25-19/h6-8,16,18H,5,9-15H2,1-4H3,(H2,22,23,24)(H,25,26,28). The van der Waals surface area contributed by atoms with E-state index < -0.39 is 0 Å². The summed E-state index contributed by atoms with van der Waals surface area (Å²) in [6.07, 6.45) is 0.344. The molecular weight excluding hydrogens is 368 g/mol. The van der Waals surface area contributed by atoms with Gasteiger partial charge in [-0.2, -0.15) is 0 Å². The van der Waals surface area contributed by atoms with Crippen LogP contribution in [0.15, 0.2) is 23.2 Å². The number of hydrogen-bond acceptors (Lipinski definition) is 5. The van der Waals surface area contributed by atoms with Gasteiger partial charge >= 0.3 is 0 Å². The number of guanidine groups is 1. The van der Waals surface area contributed by atoms with Gasteiger partial charge in [-0.05, 0) is 31.9 Å². The van der Waals surface area contributed by atoms with Crippen molar-refractivity contribution in [1.29, 1.82) is 0 Å². The molecule has 1 aliphatic heterocycles. The minimum absolute atomic E-state index is 0.0696. The average molecular weight is 405 g/mol. The van der Waals surface area contributed by atoms with Gasteiger partial charge in [-0.15, -0.1) is 0 Å². The molecule has 0 saturated carbocycles. The molecule has 3 N–H and O–H groups in total. The van der Waals surface area contributed by atoms with Crippen molar-refractivity contribution < 1.29 is 9.53 Å². The van der Waals surface area contributed by atoms with Crippen LogP contribution in [0.2, 0.25) is 0 Å². The number of rotatable bonds is 9. The lowest BCUT2D eigenvalue weighted by atomic mass is 10.0. The van der Waals surface area contributed by atoms with Crippen LogP contribution in [-0.4, -0.2) is 73.7 Å². The number of morpholine rings is 1. The minimum Gasteiger partial charge on any atom is -0.379 e. The van der Waals surface area contributed by atoms with Crippen molar-refractivity contribution in [2.45, 2.75) is 40.2 Å². The second-order valence-electron chi connectivity index (χ2n) is 7.57. The molecule has 29 heavy (non-hydrogen) atoms. The Bertz CT molecular complexity index is 658. The molecular formula is C21H36N6O2. The topological polar surface area (TPSA) is 90.9 Å². The van der Waals surface area contributed by atoms with E-state index in [9.17, 15) is 4.79 Å².